The lowest BCUT2D eigenvalue weighted by molar-refractivity contribution is -0.120. The number of fused-ring (bicyclic) bond motifs is 2. The topological polar surface area (TPSA) is 143 Å². The number of aromatic nitrogens is 4. The maximum atomic E-state index is 12.5. The second-order valence-electron chi connectivity index (χ2n) is 7.64. The summed E-state index contributed by atoms with van der Waals surface area (Å²) in [6.45, 7) is 0. The predicted octanol–water partition coefficient (Wildman–Crippen LogP) is 0.0197. The quantitative estimate of drug-likeness (QED) is 0.420. The Kier molecular flexibility index (Phi) is 4.29. The van der Waals surface area contributed by atoms with Crippen LogP contribution in [0.4, 0.5) is 5.95 Å². The Morgan fingerprint density at radius 2 is 2.03 bits per heavy atom. The number of primary amides is 1. The maximum Gasteiger partial charge on any atom is 0.263 e. The number of carbonyl (C=O) groups is 1. The Bertz CT molecular complexity index is 1110. The molecule has 3 heterocycles. The highest BCUT2D eigenvalue weighted by atomic mass is 16.1. The SMILES string of the molecule is NC(=O)C1NNC2CCC(Nc3nc4c(cnn4-c4ccccc4)c(=O)[nH]3)CC21. The zero-order valence-electron chi connectivity index (χ0n) is 15.6. The number of rotatable bonds is 4. The minimum absolute atomic E-state index is 0.0773. The van der Waals surface area contributed by atoms with Gasteiger partial charge < -0.3 is 11.1 Å². The maximum absolute atomic E-state index is 12.5. The highest BCUT2D eigenvalue weighted by molar-refractivity contribution is 5.80. The smallest absolute Gasteiger partial charge is 0.263 e. The van der Waals surface area contributed by atoms with Crippen molar-refractivity contribution in [2.24, 2.45) is 11.7 Å². The number of para-hydroxylation sites is 1. The van der Waals surface area contributed by atoms with E-state index < -0.39 is 6.04 Å². The third kappa shape index (κ3) is 3.15. The third-order valence-electron chi connectivity index (χ3n) is 5.84. The minimum Gasteiger partial charge on any atom is -0.368 e. The molecule has 2 aliphatic rings. The number of anilines is 1. The molecule has 150 valence electrons. The summed E-state index contributed by atoms with van der Waals surface area (Å²) in [5.74, 6) is 0.146. The lowest BCUT2D eigenvalue weighted by Gasteiger charge is -2.32. The van der Waals surface area contributed by atoms with Crippen molar-refractivity contribution in [3.63, 3.8) is 0 Å². The first kappa shape index (κ1) is 17.8. The molecule has 2 aromatic heterocycles. The number of hydrogen-bond donors (Lipinski definition) is 5. The van der Waals surface area contributed by atoms with Gasteiger partial charge in [-0.25, -0.2) is 10.1 Å². The van der Waals surface area contributed by atoms with Crippen LogP contribution >= 0.6 is 0 Å². The summed E-state index contributed by atoms with van der Waals surface area (Å²) in [6, 6.07) is 9.47. The lowest BCUT2D eigenvalue weighted by Crippen LogP contribution is -2.45. The number of H-pyrrole nitrogens is 1. The molecule has 0 spiro atoms. The van der Waals surface area contributed by atoms with Gasteiger partial charge in [-0.2, -0.15) is 10.1 Å². The second kappa shape index (κ2) is 6.98. The van der Waals surface area contributed by atoms with Crippen LogP contribution in [-0.4, -0.2) is 43.8 Å². The average molecular weight is 394 g/mol. The molecule has 3 aromatic rings. The van der Waals surface area contributed by atoms with E-state index >= 15 is 0 Å². The molecular formula is C19H22N8O2. The van der Waals surface area contributed by atoms with Crippen molar-refractivity contribution in [2.75, 3.05) is 5.32 Å². The first-order chi connectivity index (χ1) is 14.1. The van der Waals surface area contributed by atoms with E-state index in [9.17, 15) is 9.59 Å². The summed E-state index contributed by atoms with van der Waals surface area (Å²) in [5.41, 5.74) is 12.8. The molecule has 1 aromatic carbocycles. The normalized spacial score (nSPS) is 26.3. The molecule has 1 amide bonds. The number of carbonyl (C=O) groups excluding carboxylic acids is 1. The fraction of sp³-hybridized carbons (Fsp3) is 0.368. The molecule has 10 heteroatoms. The van der Waals surface area contributed by atoms with Crippen molar-refractivity contribution < 1.29 is 4.79 Å². The van der Waals surface area contributed by atoms with Gasteiger partial charge in [-0.3, -0.25) is 20.0 Å². The Balaban J connectivity index is 1.42. The van der Waals surface area contributed by atoms with E-state index in [1.54, 1.807) is 4.68 Å². The van der Waals surface area contributed by atoms with Gasteiger partial charge in [0.05, 0.1) is 11.9 Å². The summed E-state index contributed by atoms with van der Waals surface area (Å²) in [7, 11) is 0. The molecule has 2 fully saturated rings. The fourth-order valence-electron chi connectivity index (χ4n) is 4.41. The van der Waals surface area contributed by atoms with Gasteiger partial charge in [-0.1, -0.05) is 18.2 Å². The average Bonchev–Trinajstić information content (AvgIpc) is 3.33. The van der Waals surface area contributed by atoms with E-state index in [4.69, 9.17) is 5.73 Å². The number of nitrogens with two attached hydrogens (primary N) is 1. The van der Waals surface area contributed by atoms with E-state index in [0.29, 0.717) is 17.0 Å². The molecule has 5 rings (SSSR count). The van der Waals surface area contributed by atoms with Gasteiger partial charge in [0, 0.05) is 18.0 Å². The van der Waals surface area contributed by atoms with Gasteiger partial charge in [-0.05, 0) is 31.4 Å². The Morgan fingerprint density at radius 1 is 1.21 bits per heavy atom. The Morgan fingerprint density at radius 3 is 2.83 bits per heavy atom. The van der Waals surface area contributed by atoms with Crippen LogP contribution in [0.3, 0.4) is 0 Å². The van der Waals surface area contributed by atoms with E-state index in [1.165, 1.54) is 6.20 Å². The van der Waals surface area contributed by atoms with Gasteiger partial charge in [0.15, 0.2) is 5.65 Å². The molecule has 4 unspecified atom stereocenters. The van der Waals surface area contributed by atoms with Crippen LogP contribution in [-0.2, 0) is 4.79 Å². The highest BCUT2D eigenvalue weighted by Gasteiger charge is 2.42. The first-order valence-electron chi connectivity index (χ1n) is 9.70. The largest absolute Gasteiger partial charge is 0.368 e. The number of hydrazine groups is 1. The number of aromatic amines is 1. The molecule has 0 radical (unpaired) electrons. The molecule has 1 aliphatic carbocycles. The highest BCUT2D eigenvalue weighted by Crippen LogP contribution is 2.31. The zero-order valence-corrected chi connectivity index (χ0v) is 15.6. The van der Waals surface area contributed by atoms with Gasteiger partial charge >= 0.3 is 0 Å². The van der Waals surface area contributed by atoms with Crippen LogP contribution in [0.5, 0.6) is 0 Å². The molecule has 1 aliphatic heterocycles. The Labute approximate surface area is 165 Å². The number of nitrogens with one attached hydrogen (secondary N) is 4. The Hall–Kier alpha value is -3.24. The van der Waals surface area contributed by atoms with Crippen LogP contribution in [0, 0.1) is 5.92 Å². The number of benzene rings is 1. The van der Waals surface area contributed by atoms with Gasteiger partial charge in [0.25, 0.3) is 5.56 Å². The second-order valence-corrected chi connectivity index (χ2v) is 7.64. The number of nitrogens with zero attached hydrogens (tertiary/aromatic N) is 3. The van der Waals surface area contributed by atoms with Gasteiger partial charge in [0.2, 0.25) is 11.9 Å². The van der Waals surface area contributed by atoms with Crippen LogP contribution < -0.4 is 27.5 Å². The molecule has 1 saturated heterocycles. The summed E-state index contributed by atoms with van der Waals surface area (Å²) in [5, 5.41) is 8.10. The number of amides is 1. The first-order valence-corrected chi connectivity index (χ1v) is 9.70. The van der Waals surface area contributed by atoms with Crippen molar-refractivity contribution in [3.05, 3.63) is 46.9 Å². The summed E-state index contributed by atoms with van der Waals surface area (Å²) < 4.78 is 1.65. The molecule has 1 saturated carbocycles. The van der Waals surface area contributed by atoms with E-state index in [2.05, 4.69) is 31.2 Å². The summed E-state index contributed by atoms with van der Waals surface area (Å²) in [4.78, 5) is 31.6. The van der Waals surface area contributed by atoms with Crippen LogP contribution in [0.25, 0.3) is 16.7 Å². The molecule has 6 N–H and O–H groups in total. The predicted molar refractivity (Wildman–Crippen MR) is 107 cm³/mol. The minimum atomic E-state index is -0.390. The van der Waals surface area contributed by atoms with Crippen LogP contribution in [0.2, 0.25) is 0 Å². The molecular weight excluding hydrogens is 372 g/mol. The molecule has 0 bridgehead atoms. The molecule has 29 heavy (non-hydrogen) atoms. The van der Waals surface area contributed by atoms with Crippen molar-refractivity contribution in [2.45, 2.75) is 37.4 Å². The summed E-state index contributed by atoms with van der Waals surface area (Å²) >= 11 is 0. The van der Waals surface area contributed by atoms with Crippen molar-refractivity contribution >= 4 is 22.9 Å². The van der Waals surface area contributed by atoms with E-state index in [0.717, 1.165) is 24.9 Å². The summed E-state index contributed by atoms with van der Waals surface area (Å²) in [6.07, 6.45) is 4.06. The standard InChI is InChI=1S/C19H22N8O2/c20-16(28)15-12-8-10(6-7-14(12)25-26-15)22-19-23-17-13(18(29)24-19)9-21-27(17)11-4-2-1-3-5-11/h1-5,9-10,12,14-15,25-26H,6-8H2,(H2,20,28)(H2,22,23,24,29). The molecule has 4 atom stereocenters. The third-order valence-corrected chi connectivity index (χ3v) is 5.84. The number of hydrogen-bond acceptors (Lipinski definition) is 7. The van der Waals surface area contributed by atoms with E-state index in [1.807, 2.05) is 30.3 Å². The monoisotopic (exact) mass is 394 g/mol. The lowest BCUT2D eigenvalue weighted by atomic mass is 9.79. The van der Waals surface area contributed by atoms with Gasteiger partial charge in [0.1, 0.15) is 11.4 Å². The van der Waals surface area contributed by atoms with E-state index in [-0.39, 0.29) is 29.5 Å². The molecule has 10 nitrogen and oxygen atoms in total. The van der Waals surface area contributed by atoms with Gasteiger partial charge in [-0.15, -0.1) is 0 Å². The van der Waals surface area contributed by atoms with Crippen LogP contribution in [0.15, 0.2) is 41.3 Å². The zero-order chi connectivity index (χ0) is 20.0. The van der Waals surface area contributed by atoms with Crippen molar-refractivity contribution in [1.29, 1.82) is 0 Å². The van der Waals surface area contributed by atoms with Crippen molar-refractivity contribution in [1.82, 2.24) is 30.6 Å². The fourth-order valence-corrected chi connectivity index (χ4v) is 4.41. The van der Waals surface area contributed by atoms with Crippen LogP contribution in [0.1, 0.15) is 19.3 Å². The van der Waals surface area contributed by atoms with Crippen molar-refractivity contribution in [3.8, 4) is 5.69 Å².